The molecule has 1 spiro atoms. The number of hydrogen-bond acceptors (Lipinski definition) is 4. The Labute approximate surface area is 140 Å². The minimum absolute atomic E-state index is 0.00406. The van der Waals surface area contributed by atoms with E-state index >= 15 is 0 Å². The molecule has 1 amide bonds. The van der Waals surface area contributed by atoms with E-state index in [0.29, 0.717) is 18.6 Å². The quantitative estimate of drug-likeness (QED) is 0.778. The number of halogens is 1. The van der Waals surface area contributed by atoms with Gasteiger partial charge in [0.15, 0.2) is 0 Å². The molecule has 4 rings (SSSR count). The van der Waals surface area contributed by atoms with Crippen LogP contribution in [-0.2, 0) is 19.9 Å². The van der Waals surface area contributed by atoms with Crippen LogP contribution < -0.4 is 4.90 Å². The maximum absolute atomic E-state index is 13.9. The third-order valence-electron chi connectivity index (χ3n) is 5.78. The monoisotopic (exact) mass is 332 g/mol. The number of ether oxygens (including phenoxy) is 1. The fourth-order valence-electron chi connectivity index (χ4n) is 4.85. The third kappa shape index (κ3) is 1.83. The minimum Gasteiger partial charge on any atom is -0.466 e. The molecule has 0 aliphatic carbocycles. The molecule has 0 saturated carbocycles. The van der Waals surface area contributed by atoms with Crippen molar-refractivity contribution < 1.29 is 18.7 Å². The van der Waals surface area contributed by atoms with Gasteiger partial charge in [-0.25, -0.2) is 4.39 Å². The van der Waals surface area contributed by atoms with Crippen molar-refractivity contribution in [3.63, 3.8) is 0 Å². The molecule has 2 fully saturated rings. The van der Waals surface area contributed by atoms with Crippen LogP contribution in [0.15, 0.2) is 18.2 Å². The van der Waals surface area contributed by atoms with Crippen molar-refractivity contribution >= 4 is 17.6 Å². The zero-order valence-electron chi connectivity index (χ0n) is 13.9. The Bertz CT molecular complexity index is 722. The summed E-state index contributed by atoms with van der Waals surface area (Å²) in [5.74, 6) is -1.00. The molecule has 5 nitrogen and oxygen atoms in total. The van der Waals surface area contributed by atoms with Crippen LogP contribution in [0.2, 0.25) is 0 Å². The zero-order chi connectivity index (χ0) is 17.1. The van der Waals surface area contributed by atoms with Gasteiger partial charge in [-0.15, -0.1) is 0 Å². The number of likely N-dealkylation sites (N-methyl/N-ethyl adjacent to an activating group) is 1. The van der Waals surface area contributed by atoms with Crippen LogP contribution in [0.3, 0.4) is 0 Å². The first-order chi connectivity index (χ1) is 11.5. The van der Waals surface area contributed by atoms with E-state index < -0.39 is 5.54 Å². The first-order valence-electron chi connectivity index (χ1n) is 8.52. The zero-order valence-corrected chi connectivity index (χ0v) is 13.9. The minimum atomic E-state index is -0.926. The van der Waals surface area contributed by atoms with Crippen molar-refractivity contribution in [3.05, 3.63) is 29.6 Å². The standard InChI is InChI=1S/C18H21FN2O3/c1-3-24-16(22)12-10-18(21-8-4-5-14(12)21)13-9-11(19)6-7-15(13)20(2)17(18)23/h6-7,9,12,14H,3-5,8,10H2,1-2H3/t12-,14-,18-/m0/s1. The highest BCUT2D eigenvalue weighted by molar-refractivity contribution is 6.08. The van der Waals surface area contributed by atoms with Gasteiger partial charge in [-0.05, 0) is 50.9 Å². The van der Waals surface area contributed by atoms with E-state index in [1.54, 1.807) is 24.9 Å². The van der Waals surface area contributed by atoms with Crippen molar-refractivity contribution in [1.82, 2.24) is 4.90 Å². The molecule has 3 aliphatic rings. The smallest absolute Gasteiger partial charge is 0.310 e. The molecule has 128 valence electrons. The molecule has 0 unspecified atom stereocenters. The van der Waals surface area contributed by atoms with Crippen molar-refractivity contribution in [2.45, 2.75) is 37.8 Å². The van der Waals surface area contributed by atoms with E-state index in [4.69, 9.17) is 4.74 Å². The number of nitrogens with zero attached hydrogens (tertiary/aromatic N) is 2. The van der Waals surface area contributed by atoms with Crippen LogP contribution in [0, 0.1) is 11.7 Å². The Balaban J connectivity index is 1.84. The Morgan fingerprint density at radius 3 is 3.00 bits per heavy atom. The van der Waals surface area contributed by atoms with Gasteiger partial charge in [-0.1, -0.05) is 0 Å². The number of anilines is 1. The number of esters is 1. The van der Waals surface area contributed by atoms with Crippen LogP contribution in [0.25, 0.3) is 0 Å². The van der Waals surface area contributed by atoms with Gasteiger partial charge in [0.25, 0.3) is 5.91 Å². The molecule has 0 aromatic heterocycles. The average molecular weight is 332 g/mol. The lowest BCUT2D eigenvalue weighted by molar-refractivity contribution is -0.148. The lowest BCUT2D eigenvalue weighted by Crippen LogP contribution is -2.49. The highest BCUT2D eigenvalue weighted by Gasteiger charge is 2.64. The third-order valence-corrected chi connectivity index (χ3v) is 5.78. The van der Waals surface area contributed by atoms with Gasteiger partial charge in [0.05, 0.1) is 12.5 Å². The summed E-state index contributed by atoms with van der Waals surface area (Å²) in [5.41, 5.74) is 0.496. The van der Waals surface area contributed by atoms with Gasteiger partial charge in [0.1, 0.15) is 11.4 Å². The molecule has 3 aliphatic heterocycles. The summed E-state index contributed by atoms with van der Waals surface area (Å²) in [7, 11) is 1.72. The highest BCUT2D eigenvalue weighted by Crippen LogP contribution is 2.55. The number of amides is 1. The molecule has 6 heteroatoms. The SMILES string of the molecule is CCOC(=O)[C@H]1C[C@]2(C(=O)N(C)c3ccc(F)cc32)N2CCC[C@@H]12. The second-order valence-corrected chi connectivity index (χ2v) is 6.85. The van der Waals surface area contributed by atoms with Crippen LogP contribution in [0.1, 0.15) is 31.7 Å². The lowest BCUT2D eigenvalue weighted by Gasteiger charge is -2.33. The van der Waals surface area contributed by atoms with Crippen LogP contribution >= 0.6 is 0 Å². The van der Waals surface area contributed by atoms with E-state index in [2.05, 4.69) is 4.90 Å². The van der Waals surface area contributed by atoms with Crippen molar-refractivity contribution in [2.75, 3.05) is 25.1 Å². The number of carbonyl (C=O) groups is 2. The van der Waals surface area contributed by atoms with Gasteiger partial charge >= 0.3 is 5.97 Å². The summed E-state index contributed by atoms with van der Waals surface area (Å²) >= 11 is 0. The molecule has 2 saturated heterocycles. The van der Waals surface area contributed by atoms with Crippen LogP contribution in [0.5, 0.6) is 0 Å². The Morgan fingerprint density at radius 1 is 1.46 bits per heavy atom. The van der Waals surface area contributed by atoms with E-state index in [9.17, 15) is 14.0 Å². The molecular weight excluding hydrogens is 311 g/mol. The van der Waals surface area contributed by atoms with Crippen LogP contribution in [-0.4, -0.2) is 43.0 Å². The normalized spacial score (nSPS) is 31.6. The second-order valence-electron chi connectivity index (χ2n) is 6.85. The lowest BCUT2D eigenvalue weighted by atomic mass is 9.84. The number of fused-ring (bicyclic) bond motifs is 4. The molecule has 1 aromatic rings. The first-order valence-corrected chi connectivity index (χ1v) is 8.52. The maximum atomic E-state index is 13.9. The number of carbonyl (C=O) groups excluding carboxylic acids is 2. The highest BCUT2D eigenvalue weighted by atomic mass is 19.1. The van der Waals surface area contributed by atoms with Crippen molar-refractivity contribution in [2.24, 2.45) is 5.92 Å². The predicted molar refractivity (Wildman–Crippen MR) is 86.0 cm³/mol. The van der Waals surface area contributed by atoms with Gasteiger partial charge in [0.2, 0.25) is 0 Å². The topological polar surface area (TPSA) is 49.9 Å². The molecule has 0 bridgehead atoms. The molecular formula is C18H21FN2O3. The van der Waals surface area contributed by atoms with Crippen molar-refractivity contribution in [3.8, 4) is 0 Å². The summed E-state index contributed by atoms with van der Waals surface area (Å²) in [4.78, 5) is 29.3. The van der Waals surface area contributed by atoms with Gasteiger partial charge in [0, 0.05) is 24.3 Å². The summed E-state index contributed by atoms with van der Waals surface area (Å²) < 4.78 is 19.2. The van der Waals surface area contributed by atoms with E-state index in [1.807, 2.05) is 0 Å². The Hall–Kier alpha value is -1.95. The fourth-order valence-corrected chi connectivity index (χ4v) is 4.85. The number of hydrogen-bond donors (Lipinski definition) is 0. The fraction of sp³-hybridized carbons (Fsp3) is 0.556. The van der Waals surface area contributed by atoms with E-state index in [-0.39, 0.29) is 29.7 Å². The summed E-state index contributed by atoms with van der Waals surface area (Å²) in [6.07, 6.45) is 2.17. The van der Waals surface area contributed by atoms with E-state index in [1.165, 1.54) is 12.1 Å². The summed E-state index contributed by atoms with van der Waals surface area (Å²) in [5, 5.41) is 0. The molecule has 3 atom stereocenters. The van der Waals surface area contributed by atoms with E-state index in [0.717, 1.165) is 25.1 Å². The molecule has 0 N–H and O–H groups in total. The second kappa shape index (κ2) is 5.28. The van der Waals surface area contributed by atoms with Crippen LogP contribution in [0.4, 0.5) is 10.1 Å². The molecule has 0 radical (unpaired) electrons. The first kappa shape index (κ1) is 15.6. The number of rotatable bonds is 2. The van der Waals surface area contributed by atoms with Gasteiger partial charge in [-0.2, -0.15) is 0 Å². The molecule has 3 heterocycles. The maximum Gasteiger partial charge on any atom is 0.310 e. The Kier molecular flexibility index (Phi) is 3.42. The molecule has 1 aromatic carbocycles. The largest absolute Gasteiger partial charge is 0.466 e. The number of benzene rings is 1. The van der Waals surface area contributed by atoms with Crippen molar-refractivity contribution in [1.29, 1.82) is 0 Å². The molecule has 24 heavy (non-hydrogen) atoms. The summed E-state index contributed by atoms with van der Waals surface area (Å²) in [6, 6.07) is 4.48. The summed E-state index contributed by atoms with van der Waals surface area (Å²) in [6.45, 7) is 2.86. The van der Waals surface area contributed by atoms with Gasteiger partial charge < -0.3 is 9.64 Å². The Morgan fingerprint density at radius 2 is 2.25 bits per heavy atom. The predicted octanol–water partition coefficient (Wildman–Crippen LogP) is 2.04. The average Bonchev–Trinajstić information content (AvgIpc) is 3.19. The van der Waals surface area contributed by atoms with Gasteiger partial charge in [-0.3, -0.25) is 14.5 Å².